The molecule has 0 unspecified atom stereocenters. The summed E-state index contributed by atoms with van der Waals surface area (Å²) in [5.74, 6) is 2.27. The average Bonchev–Trinajstić information content (AvgIpc) is 3.48. The molecule has 0 aliphatic rings. The van der Waals surface area contributed by atoms with E-state index in [1.165, 1.54) is 16.3 Å². The summed E-state index contributed by atoms with van der Waals surface area (Å²) in [5, 5.41) is 10.4. The number of benzene rings is 4. The Morgan fingerprint density at radius 3 is 1.94 bits per heavy atom. The van der Waals surface area contributed by atoms with Gasteiger partial charge in [-0.2, -0.15) is 5.70 Å². The maximum Gasteiger partial charge on any atom is 0.157 e. The van der Waals surface area contributed by atoms with Crippen molar-refractivity contribution >= 4 is 49.4 Å². The summed E-state index contributed by atoms with van der Waals surface area (Å²) in [6.07, 6.45) is 5.76. The van der Waals surface area contributed by atoms with Gasteiger partial charge < -0.3 is 9.73 Å². The Balaban J connectivity index is 0.000000275. The molecule has 0 aliphatic heterocycles. The number of carbonyl (C=O) groups excluding carboxylic acids is 1. The average molecular weight is 874 g/mol. The van der Waals surface area contributed by atoms with Gasteiger partial charge in [-0.25, -0.2) is 4.98 Å². The van der Waals surface area contributed by atoms with Gasteiger partial charge in [0.05, 0.1) is 0 Å². The molecule has 1 radical (unpaired) electrons. The van der Waals surface area contributed by atoms with E-state index in [0.717, 1.165) is 81.3 Å². The van der Waals surface area contributed by atoms with Crippen LogP contribution in [-0.2, 0) is 24.9 Å². The Kier molecular flexibility index (Phi) is 14.4. The van der Waals surface area contributed by atoms with Crippen LogP contribution < -0.4 is 0 Å². The fraction of sp³-hybridized carbons (Fsp3) is 0.413. The number of rotatable bonds is 12. The first-order valence-electron chi connectivity index (χ1n) is 19.0. The molecule has 0 saturated carbocycles. The largest absolute Gasteiger partial charge is 0.685 e. The molecule has 6 aromatic rings. The van der Waals surface area contributed by atoms with Crippen LogP contribution in [0.4, 0.5) is 0 Å². The van der Waals surface area contributed by atoms with E-state index in [-0.39, 0.29) is 43.8 Å². The van der Waals surface area contributed by atoms with E-state index < -0.39 is 0 Å². The zero-order valence-electron chi connectivity index (χ0n) is 32.6. The van der Waals surface area contributed by atoms with E-state index in [9.17, 15) is 4.79 Å². The maximum absolute atomic E-state index is 12.2. The summed E-state index contributed by atoms with van der Waals surface area (Å²) in [4.78, 5) is 22.2. The molecule has 6 heteroatoms. The third kappa shape index (κ3) is 8.84. The second kappa shape index (κ2) is 18.3. The quantitative estimate of drug-likeness (QED) is 0.0907. The summed E-state index contributed by atoms with van der Waals surface area (Å²) >= 11 is 0. The first-order valence-corrected chi connectivity index (χ1v) is 19.0. The molecule has 0 spiro atoms. The standard InChI is InChI=1S/C30H25N2O.C16H31NO.Ir/c1-17(2)21-13-14-24(23-12-8-7-11-22(21)23)27-29-28(32-30(31-27)18(3)4)25-15-19-9-5-6-10-20(19)16-26(25)33-29;1-7-13(8-2)15(17-12(5)6)11-16(18)14(9-3)10-4;/h5-13,15-18H,1-4H3;11-14H,7-10H2,1-6H3,(H,17,18);/q-1;;/p-1. The van der Waals surface area contributed by atoms with Crippen LogP contribution in [0.25, 0.3) is 60.2 Å². The number of ketones is 1. The molecule has 277 valence electrons. The van der Waals surface area contributed by atoms with Crippen LogP contribution in [0, 0.1) is 17.9 Å². The number of furan rings is 1. The van der Waals surface area contributed by atoms with Crippen LogP contribution in [0.3, 0.4) is 0 Å². The summed E-state index contributed by atoms with van der Waals surface area (Å²) < 4.78 is 6.46. The number of aromatic nitrogens is 2. The van der Waals surface area contributed by atoms with Gasteiger partial charge in [0.15, 0.2) is 5.78 Å². The molecule has 0 aliphatic carbocycles. The van der Waals surface area contributed by atoms with Crippen molar-refractivity contribution in [2.45, 2.75) is 113 Å². The van der Waals surface area contributed by atoms with Gasteiger partial charge in [0.1, 0.15) is 22.5 Å². The first kappa shape index (κ1) is 40.9. The van der Waals surface area contributed by atoms with Crippen LogP contribution in [-0.4, -0.2) is 21.8 Å². The van der Waals surface area contributed by atoms with Crippen molar-refractivity contribution in [2.24, 2.45) is 11.8 Å². The Labute approximate surface area is 324 Å². The van der Waals surface area contributed by atoms with Gasteiger partial charge in [-0.1, -0.05) is 147 Å². The van der Waals surface area contributed by atoms with Crippen LogP contribution >= 0.6 is 0 Å². The van der Waals surface area contributed by atoms with Crippen molar-refractivity contribution in [3.8, 4) is 11.3 Å². The van der Waals surface area contributed by atoms with E-state index in [4.69, 9.17) is 14.4 Å². The molecule has 0 amide bonds. The third-order valence-corrected chi connectivity index (χ3v) is 9.94. The molecule has 0 N–H and O–H groups in total. The Morgan fingerprint density at radius 1 is 0.769 bits per heavy atom. The van der Waals surface area contributed by atoms with Crippen LogP contribution in [0.2, 0.25) is 0 Å². The van der Waals surface area contributed by atoms with Crippen LogP contribution in [0.15, 0.2) is 82.9 Å². The van der Waals surface area contributed by atoms with E-state index in [0.29, 0.717) is 11.8 Å². The van der Waals surface area contributed by atoms with Crippen molar-refractivity contribution in [3.05, 3.63) is 101 Å². The molecule has 0 bridgehead atoms. The number of fused-ring (bicyclic) bond motifs is 5. The molecule has 0 atom stereocenters. The summed E-state index contributed by atoms with van der Waals surface area (Å²) in [7, 11) is 0. The minimum Gasteiger partial charge on any atom is -0.685 e. The van der Waals surface area contributed by atoms with Crippen LogP contribution in [0.1, 0.15) is 118 Å². The zero-order valence-corrected chi connectivity index (χ0v) is 35.0. The molecule has 52 heavy (non-hydrogen) atoms. The molecule has 0 saturated heterocycles. The fourth-order valence-electron chi connectivity index (χ4n) is 6.93. The third-order valence-electron chi connectivity index (χ3n) is 9.94. The number of allylic oxidation sites excluding steroid dienone is 2. The number of nitrogens with zero attached hydrogens (tertiary/aromatic N) is 3. The number of hydrogen-bond acceptors (Lipinski definition) is 4. The van der Waals surface area contributed by atoms with Gasteiger partial charge in [-0.15, -0.1) is 29.3 Å². The normalized spacial score (nSPS) is 12.1. The fourth-order valence-corrected chi connectivity index (χ4v) is 6.93. The van der Waals surface area contributed by atoms with Gasteiger partial charge in [0.2, 0.25) is 0 Å². The second-order valence-electron chi connectivity index (χ2n) is 14.6. The minimum atomic E-state index is 0. The Hall–Kier alpha value is -3.86. The van der Waals surface area contributed by atoms with E-state index in [1.54, 1.807) is 0 Å². The monoisotopic (exact) mass is 874 g/mol. The molecular weight excluding hydrogens is 819 g/mol. The Morgan fingerprint density at radius 2 is 1.37 bits per heavy atom. The van der Waals surface area contributed by atoms with E-state index in [1.807, 2.05) is 6.08 Å². The molecule has 0 fully saturated rings. The second-order valence-corrected chi connectivity index (χ2v) is 14.6. The van der Waals surface area contributed by atoms with Crippen molar-refractivity contribution in [1.82, 2.24) is 9.97 Å². The maximum atomic E-state index is 12.2. The zero-order chi connectivity index (χ0) is 36.8. The molecule has 4 aromatic carbocycles. The molecule has 2 aromatic heterocycles. The van der Waals surface area contributed by atoms with Crippen molar-refractivity contribution in [3.63, 3.8) is 0 Å². The van der Waals surface area contributed by atoms with Crippen molar-refractivity contribution in [2.75, 3.05) is 0 Å². The molecule has 2 heterocycles. The molecule has 6 rings (SSSR count). The van der Waals surface area contributed by atoms with Gasteiger partial charge in [0.25, 0.3) is 0 Å². The summed E-state index contributed by atoms with van der Waals surface area (Å²) in [6.45, 7) is 21.3. The number of carbonyl (C=O) groups is 1. The predicted molar refractivity (Wildman–Crippen MR) is 217 cm³/mol. The predicted octanol–water partition coefficient (Wildman–Crippen LogP) is 13.5. The summed E-state index contributed by atoms with van der Waals surface area (Å²) in [6, 6.07) is 27.1. The van der Waals surface area contributed by atoms with Gasteiger partial charge in [-0.05, 0) is 47.7 Å². The van der Waals surface area contributed by atoms with Gasteiger partial charge in [0, 0.05) is 43.0 Å². The van der Waals surface area contributed by atoms with Crippen LogP contribution in [0.5, 0.6) is 0 Å². The van der Waals surface area contributed by atoms with E-state index in [2.05, 4.69) is 147 Å². The molecular formula is C46H55IrN3O2-2. The number of hydrogen-bond donors (Lipinski definition) is 0. The minimum absolute atomic E-state index is 0. The summed E-state index contributed by atoms with van der Waals surface area (Å²) in [5.41, 5.74) is 6.51. The van der Waals surface area contributed by atoms with Gasteiger partial charge in [-0.3, -0.25) is 9.78 Å². The molecule has 5 nitrogen and oxygen atoms in total. The van der Waals surface area contributed by atoms with Crippen molar-refractivity contribution < 1.29 is 29.3 Å². The first-order chi connectivity index (χ1) is 24.5. The smallest absolute Gasteiger partial charge is 0.157 e. The van der Waals surface area contributed by atoms with Crippen molar-refractivity contribution in [1.29, 1.82) is 0 Å². The Bertz CT molecular complexity index is 2150. The van der Waals surface area contributed by atoms with E-state index >= 15 is 0 Å². The topological polar surface area (TPSA) is 70.1 Å². The van der Waals surface area contributed by atoms with Gasteiger partial charge >= 0.3 is 0 Å². The SMILES string of the molecule is CC(C)c1nc(-c2[c-]cc(C(C)C)c3ccccc23)c2oc3cc4ccccc4cc3c2n1.CCC(CC)C(=O)/C=C(\[N-]C(C)C)C(CC)CC.[Ir].